The SMILES string of the molecule is CC[C@H](C)Oc1cc(C(=O)N[C@H]2CCO[C@H]2C)ccn1. The fourth-order valence-electron chi connectivity index (χ4n) is 2.08. The van der Waals surface area contributed by atoms with E-state index in [-0.39, 0.29) is 24.2 Å². The summed E-state index contributed by atoms with van der Waals surface area (Å²) < 4.78 is 11.1. The van der Waals surface area contributed by atoms with Crippen molar-refractivity contribution in [2.75, 3.05) is 6.61 Å². The van der Waals surface area contributed by atoms with Crippen molar-refractivity contribution in [3.63, 3.8) is 0 Å². The number of carbonyl (C=O) groups is 1. The highest BCUT2D eigenvalue weighted by Gasteiger charge is 2.26. The summed E-state index contributed by atoms with van der Waals surface area (Å²) in [4.78, 5) is 16.3. The molecule has 0 saturated carbocycles. The Hall–Kier alpha value is -1.62. The summed E-state index contributed by atoms with van der Waals surface area (Å²) in [5.74, 6) is 0.381. The second-order valence-electron chi connectivity index (χ2n) is 5.16. The van der Waals surface area contributed by atoms with Crippen LogP contribution in [0.1, 0.15) is 44.0 Å². The van der Waals surface area contributed by atoms with Gasteiger partial charge in [-0.1, -0.05) is 6.92 Å². The van der Waals surface area contributed by atoms with Gasteiger partial charge in [0.1, 0.15) is 0 Å². The van der Waals surface area contributed by atoms with Crippen LogP contribution in [-0.4, -0.2) is 35.7 Å². The second kappa shape index (κ2) is 6.70. The molecule has 1 aliphatic heterocycles. The molecule has 20 heavy (non-hydrogen) atoms. The maximum absolute atomic E-state index is 12.2. The van der Waals surface area contributed by atoms with E-state index in [9.17, 15) is 4.79 Å². The zero-order chi connectivity index (χ0) is 14.5. The average molecular weight is 278 g/mol. The van der Waals surface area contributed by atoms with E-state index in [0.29, 0.717) is 18.1 Å². The first-order valence-electron chi connectivity index (χ1n) is 7.15. The molecule has 1 fully saturated rings. The van der Waals surface area contributed by atoms with Gasteiger partial charge in [-0.15, -0.1) is 0 Å². The maximum atomic E-state index is 12.2. The molecule has 1 saturated heterocycles. The summed E-state index contributed by atoms with van der Waals surface area (Å²) >= 11 is 0. The van der Waals surface area contributed by atoms with Crippen LogP contribution in [0.5, 0.6) is 5.88 Å². The lowest BCUT2D eigenvalue weighted by molar-refractivity contribution is 0.0865. The normalized spacial score (nSPS) is 23.4. The molecule has 5 heteroatoms. The van der Waals surface area contributed by atoms with Gasteiger partial charge in [-0.05, 0) is 32.8 Å². The van der Waals surface area contributed by atoms with Gasteiger partial charge >= 0.3 is 0 Å². The number of amides is 1. The third-order valence-corrected chi connectivity index (χ3v) is 3.59. The molecule has 0 radical (unpaired) electrons. The van der Waals surface area contributed by atoms with Gasteiger partial charge in [-0.25, -0.2) is 4.98 Å². The Morgan fingerprint density at radius 3 is 3.10 bits per heavy atom. The maximum Gasteiger partial charge on any atom is 0.251 e. The Morgan fingerprint density at radius 2 is 2.45 bits per heavy atom. The topological polar surface area (TPSA) is 60.5 Å². The predicted octanol–water partition coefficient (Wildman–Crippen LogP) is 2.17. The molecular weight excluding hydrogens is 256 g/mol. The van der Waals surface area contributed by atoms with E-state index in [1.807, 2.05) is 20.8 Å². The quantitative estimate of drug-likeness (QED) is 0.896. The predicted molar refractivity (Wildman–Crippen MR) is 75.9 cm³/mol. The summed E-state index contributed by atoms with van der Waals surface area (Å²) in [5, 5.41) is 2.99. The Morgan fingerprint density at radius 1 is 1.65 bits per heavy atom. The molecule has 5 nitrogen and oxygen atoms in total. The van der Waals surface area contributed by atoms with Gasteiger partial charge < -0.3 is 14.8 Å². The Bertz CT molecular complexity index is 464. The molecule has 0 aliphatic carbocycles. The number of pyridine rings is 1. The van der Waals surface area contributed by atoms with E-state index in [0.717, 1.165) is 12.8 Å². The van der Waals surface area contributed by atoms with Crippen molar-refractivity contribution in [1.82, 2.24) is 10.3 Å². The van der Waals surface area contributed by atoms with E-state index in [1.165, 1.54) is 0 Å². The molecule has 1 aromatic rings. The first-order valence-corrected chi connectivity index (χ1v) is 7.15. The van der Waals surface area contributed by atoms with Crippen LogP contribution in [0.15, 0.2) is 18.3 Å². The lowest BCUT2D eigenvalue weighted by Crippen LogP contribution is -2.39. The highest BCUT2D eigenvalue weighted by Crippen LogP contribution is 2.15. The number of ether oxygens (including phenoxy) is 2. The van der Waals surface area contributed by atoms with Gasteiger partial charge in [-0.3, -0.25) is 4.79 Å². The Kier molecular flexibility index (Phi) is 4.95. The van der Waals surface area contributed by atoms with Crippen LogP contribution in [0.3, 0.4) is 0 Å². The van der Waals surface area contributed by atoms with Crippen LogP contribution in [0.4, 0.5) is 0 Å². The Balaban J connectivity index is 2.00. The number of nitrogens with zero attached hydrogens (tertiary/aromatic N) is 1. The zero-order valence-electron chi connectivity index (χ0n) is 12.3. The molecule has 0 spiro atoms. The van der Waals surface area contributed by atoms with E-state index >= 15 is 0 Å². The zero-order valence-corrected chi connectivity index (χ0v) is 12.3. The number of nitrogens with one attached hydrogen (secondary N) is 1. The molecule has 110 valence electrons. The van der Waals surface area contributed by atoms with Crippen LogP contribution in [0.25, 0.3) is 0 Å². The summed E-state index contributed by atoms with van der Waals surface area (Å²) in [6.07, 6.45) is 3.51. The molecule has 0 unspecified atom stereocenters. The highest BCUT2D eigenvalue weighted by atomic mass is 16.5. The van der Waals surface area contributed by atoms with Crippen molar-refractivity contribution < 1.29 is 14.3 Å². The fourth-order valence-corrected chi connectivity index (χ4v) is 2.08. The molecule has 2 rings (SSSR count). The third kappa shape index (κ3) is 3.70. The number of rotatable bonds is 5. The standard InChI is InChI=1S/C15H22N2O3/c1-4-10(2)20-14-9-12(5-7-16-14)15(18)17-13-6-8-19-11(13)3/h5,7,9-11,13H,4,6,8H2,1-3H3,(H,17,18)/t10-,11-,13-/m0/s1. The van der Waals surface area contributed by atoms with E-state index in [2.05, 4.69) is 10.3 Å². The van der Waals surface area contributed by atoms with Crippen LogP contribution in [0, 0.1) is 0 Å². The molecular formula is C15H22N2O3. The minimum absolute atomic E-state index is 0.0663. The summed E-state index contributed by atoms with van der Waals surface area (Å²) in [7, 11) is 0. The number of aromatic nitrogens is 1. The van der Waals surface area contributed by atoms with Crippen molar-refractivity contribution >= 4 is 5.91 Å². The lowest BCUT2D eigenvalue weighted by atomic mass is 10.1. The first-order chi connectivity index (χ1) is 9.60. The van der Waals surface area contributed by atoms with Crippen molar-refractivity contribution in [2.45, 2.75) is 51.9 Å². The van der Waals surface area contributed by atoms with Crippen LogP contribution < -0.4 is 10.1 Å². The van der Waals surface area contributed by atoms with Crippen LogP contribution in [0.2, 0.25) is 0 Å². The van der Waals surface area contributed by atoms with E-state index < -0.39 is 0 Å². The lowest BCUT2D eigenvalue weighted by Gasteiger charge is -2.16. The molecule has 0 aromatic carbocycles. The van der Waals surface area contributed by atoms with Gasteiger partial charge in [0.25, 0.3) is 5.91 Å². The number of carbonyl (C=O) groups excluding carboxylic acids is 1. The van der Waals surface area contributed by atoms with Gasteiger partial charge in [0.15, 0.2) is 0 Å². The Labute approximate surface area is 119 Å². The molecule has 1 aromatic heterocycles. The van der Waals surface area contributed by atoms with Crippen molar-refractivity contribution in [3.8, 4) is 5.88 Å². The number of hydrogen-bond donors (Lipinski definition) is 1. The largest absolute Gasteiger partial charge is 0.475 e. The van der Waals surface area contributed by atoms with E-state index in [1.54, 1.807) is 18.3 Å². The van der Waals surface area contributed by atoms with Crippen LogP contribution >= 0.6 is 0 Å². The fraction of sp³-hybridized carbons (Fsp3) is 0.600. The van der Waals surface area contributed by atoms with Gasteiger partial charge in [0, 0.05) is 24.4 Å². The average Bonchev–Trinajstić information content (AvgIpc) is 2.84. The van der Waals surface area contributed by atoms with E-state index in [4.69, 9.17) is 9.47 Å². The first kappa shape index (κ1) is 14.8. The molecule has 1 amide bonds. The molecule has 3 atom stereocenters. The summed E-state index contributed by atoms with van der Waals surface area (Å²) in [6, 6.07) is 3.45. The van der Waals surface area contributed by atoms with Crippen molar-refractivity contribution in [1.29, 1.82) is 0 Å². The summed E-state index contributed by atoms with van der Waals surface area (Å²) in [5.41, 5.74) is 0.567. The monoisotopic (exact) mass is 278 g/mol. The minimum Gasteiger partial charge on any atom is -0.475 e. The highest BCUT2D eigenvalue weighted by molar-refractivity contribution is 5.94. The molecule has 2 heterocycles. The second-order valence-corrected chi connectivity index (χ2v) is 5.16. The molecule has 1 aliphatic rings. The van der Waals surface area contributed by atoms with Gasteiger partial charge in [-0.2, -0.15) is 0 Å². The van der Waals surface area contributed by atoms with Crippen LogP contribution in [-0.2, 0) is 4.74 Å². The minimum atomic E-state index is -0.108. The van der Waals surface area contributed by atoms with Crippen molar-refractivity contribution in [3.05, 3.63) is 23.9 Å². The molecule has 1 N–H and O–H groups in total. The van der Waals surface area contributed by atoms with Gasteiger partial charge in [0.2, 0.25) is 5.88 Å². The van der Waals surface area contributed by atoms with Gasteiger partial charge in [0.05, 0.1) is 18.2 Å². The number of hydrogen-bond acceptors (Lipinski definition) is 4. The third-order valence-electron chi connectivity index (χ3n) is 3.59. The van der Waals surface area contributed by atoms with Crippen molar-refractivity contribution in [2.24, 2.45) is 0 Å². The molecule has 0 bridgehead atoms. The smallest absolute Gasteiger partial charge is 0.251 e. The summed E-state index contributed by atoms with van der Waals surface area (Å²) in [6.45, 7) is 6.70.